The van der Waals surface area contributed by atoms with E-state index in [4.69, 9.17) is 0 Å². The Kier molecular flexibility index (Phi) is 9.21. The molecular weight excluding hydrogens is 881 g/mol. The van der Waals surface area contributed by atoms with Gasteiger partial charge in [-0.15, -0.1) is 0 Å². The van der Waals surface area contributed by atoms with Gasteiger partial charge in [0.15, 0.2) is 0 Å². The standard InChI is InChI=1S/C71H46N2/c1-2-17-47(18-3-1)48-33-39-51(40-34-48)72(52-41-35-49(36-42-52)50-37-43-53(44-38-50)73-67-31-14-9-23-59(67)60-24-10-15-32-68(60)73)69-46-45-55(54-19-4-5-22-58(54)69)61-26-16-30-66-70(61)62-25-8-13-29-65(62)71(66)63-27-11-6-20-56(63)57-21-7-12-28-64(57)71/h1-46H. The predicted molar refractivity (Wildman–Crippen MR) is 306 cm³/mol. The van der Waals surface area contributed by atoms with Crippen LogP contribution in [0.15, 0.2) is 279 Å². The summed E-state index contributed by atoms with van der Waals surface area (Å²) in [7, 11) is 0. The highest BCUT2D eigenvalue weighted by Gasteiger charge is 2.52. The van der Waals surface area contributed by atoms with Gasteiger partial charge in [0.2, 0.25) is 0 Å². The highest BCUT2D eigenvalue weighted by molar-refractivity contribution is 6.11. The van der Waals surface area contributed by atoms with Crippen molar-refractivity contribution in [1.82, 2.24) is 4.57 Å². The lowest BCUT2D eigenvalue weighted by Gasteiger charge is -2.30. The smallest absolute Gasteiger partial charge is 0.0725 e. The Bertz CT molecular complexity index is 4200. The molecule has 340 valence electrons. The lowest BCUT2D eigenvalue weighted by Crippen LogP contribution is -2.25. The number of rotatable bonds is 7. The fourth-order valence-electron chi connectivity index (χ4n) is 12.7. The monoisotopic (exact) mass is 926 g/mol. The second-order valence-electron chi connectivity index (χ2n) is 19.5. The maximum absolute atomic E-state index is 2.43. The number of aromatic nitrogens is 1. The van der Waals surface area contributed by atoms with Crippen LogP contribution in [0.2, 0.25) is 0 Å². The van der Waals surface area contributed by atoms with E-state index in [1.54, 1.807) is 0 Å². The summed E-state index contributed by atoms with van der Waals surface area (Å²) in [5.74, 6) is 0. The van der Waals surface area contributed by atoms with Crippen molar-refractivity contribution in [2.24, 2.45) is 0 Å². The van der Waals surface area contributed by atoms with Gasteiger partial charge < -0.3 is 9.47 Å². The summed E-state index contributed by atoms with van der Waals surface area (Å²) < 4.78 is 2.38. The summed E-state index contributed by atoms with van der Waals surface area (Å²) in [6.07, 6.45) is 0. The van der Waals surface area contributed by atoms with E-state index in [-0.39, 0.29) is 0 Å². The second kappa shape index (κ2) is 16.3. The van der Waals surface area contributed by atoms with Gasteiger partial charge in [-0.25, -0.2) is 0 Å². The molecule has 0 atom stereocenters. The van der Waals surface area contributed by atoms with Crippen LogP contribution in [-0.4, -0.2) is 4.57 Å². The molecule has 2 aliphatic carbocycles. The first-order valence-electron chi connectivity index (χ1n) is 25.3. The molecule has 0 amide bonds. The zero-order chi connectivity index (χ0) is 48.0. The van der Waals surface area contributed by atoms with Crippen molar-refractivity contribution < 1.29 is 0 Å². The van der Waals surface area contributed by atoms with Crippen LogP contribution in [0, 0.1) is 0 Å². The number of fused-ring (bicyclic) bond motifs is 14. The van der Waals surface area contributed by atoms with Crippen molar-refractivity contribution in [1.29, 1.82) is 0 Å². The lowest BCUT2D eigenvalue weighted by molar-refractivity contribution is 0.794. The van der Waals surface area contributed by atoms with E-state index < -0.39 is 5.41 Å². The predicted octanol–water partition coefficient (Wildman–Crippen LogP) is 18.8. The van der Waals surface area contributed by atoms with Gasteiger partial charge in [-0.2, -0.15) is 0 Å². The molecule has 1 spiro atoms. The lowest BCUT2D eigenvalue weighted by atomic mass is 9.70. The molecule has 2 aliphatic rings. The maximum Gasteiger partial charge on any atom is 0.0725 e. The van der Waals surface area contributed by atoms with Crippen LogP contribution in [0.25, 0.3) is 93.9 Å². The molecule has 0 saturated heterocycles. The third-order valence-electron chi connectivity index (χ3n) is 15.9. The van der Waals surface area contributed by atoms with Gasteiger partial charge in [0, 0.05) is 33.2 Å². The molecule has 73 heavy (non-hydrogen) atoms. The quantitative estimate of drug-likeness (QED) is 0.155. The first kappa shape index (κ1) is 41.3. The minimum atomic E-state index is -0.409. The third kappa shape index (κ3) is 6.11. The molecule has 0 fully saturated rings. The molecule has 2 heteroatoms. The summed E-state index contributed by atoms with van der Waals surface area (Å²) in [6, 6.07) is 103. The molecule has 0 radical (unpaired) electrons. The first-order valence-corrected chi connectivity index (χ1v) is 25.3. The number of para-hydroxylation sites is 2. The molecule has 0 aliphatic heterocycles. The van der Waals surface area contributed by atoms with Gasteiger partial charge in [0.1, 0.15) is 0 Å². The first-order chi connectivity index (χ1) is 36.2. The summed E-state index contributed by atoms with van der Waals surface area (Å²) in [5, 5.41) is 4.94. The van der Waals surface area contributed by atoms with E-state index in [0.29, 0.717) is 0 Å². The van der Waals surface area contributed by atoms with Crippen molar-refractivity contribution in [2.75, 3.05) is 4.90 Å². The number of hydrogen-bond donors (Lipinski definition) is 0. The summed E-state index contributed by atoms with van der Waals surface area (Å²) in [4.78, 5) is 2.43. The summed E-state index contributed by atoms with van der Waals surface area (Å²) >= 11 is 0. The van der Waals surface area contributed by atoms with Crippen LogP contribution in [0.4, 0.5) is 17.1 Å². The molecule has 0 N–H and O–H groups in total. The van der Waals surface area contributed by atoms with Gasteiger partial charge in [-0.05, 0) is 138 Å². The second-order valence-corrected chi connectivity index (χ2v) is 19.5. The van der Waals surface area contributed by atoms with E-state index in [9.17, 15) is 0 Å². The van der Waals surface area contributed by atoms with Crippen molar-refractivity contribution in [3.63, 3.8) is 0 Å². The van der Waals surface area contributed by atoms with Gasteiger partial charge in [-0.1, -0.05) is 224 Å². The van der Waals surface area contributed by atoms with Crippen LogP contribution in [0.3, 0.4) is 0 Å². The van der Waals surface area contributed by atoms with E-state index >= 15 is 0 Å². The number of hydrogen-bond acceptors (Lipinski definition) is 1. The average Bonchev–Trinajstić information content (AvgIpc) is 4.08. The van der Waals surface area contributed by atoms with E-state index in [0.717, 1.165) is 22.7 Å². The molecule has 0 unspecified atom stereocenters. The van der Waals surface area contributed by atoms with Crippen LogP contribution in [0.5, 0.6) is 0 Å². The summed E-state index contributed by atoms with van der Waals surface area (Å²) in [5.41, 5.74) is 24.3. The zero-order valence-electron chi connectivity index (χ0n) is 40.0. The van der Waals surface area contributed by atoms with Crippen LogP contribution in [-0.2, 0) is 5.41 Å². The minimum Gasteiger partial charge on any atom is -0.310 e. The molecule has 15 rings (SSSR count). The maximum atomic E-state index is 2.43. The van der Waals surface area contributed by atoms with Gasteiger partial charge >= 0.3 is 0 Å². The average molecular weight is 927 g/mol. The van der Waals surface area contributed by atoms with E-state index in [1.165, 1.54) is 110 Å². The van der Waals surface area contributed by atoms with Crippen molar-refractivity contribution >= 4 is 49.6 Å². The Morgan fingerprint density at radius 2 is 0.685 bits per heavy atom. The molecule has 12 aromatic carbocycles. The Hall–Kier alpha value is -9.50. The van der Waals surface area contributed by atoms with Crippen molar-refractivity contribution in [3.8, 4) is 61.3 Å². The zero-order valence-corrected chi connectivity index (χ0v) is 40.0. The SMILES string of the molecule is c1ccc(-c2ccc(N(c3ccc(-c4ccc(-n5c6ccccc6c6ccccc65)cc4)cc3)c3ccc(-c4cccc5c4-c4ccccc4C54c5ccccc5-c5ccccc54)c4ccccc34)cc2)cc1. The normalized spacial score (nSPS) is 12.8. The molecule has 0 saturated carbocycles. The Morgan fingerprint density at radius 1 is 0.260 bits per heavy atom. The fourth-order valence-corrected chi connectivity index (χ4v) is 12.7. The molecular formula is C71H46N2. The highest BCUT2D eigenvalue weighted by Crippen LogP contribution is 2.64. The Balaban J connectivity index is 0.862. The molecule has 1 aromatic heterocycles. The van der Waals surface area contributed by atoms with Crippen molar-refractivity contribution in [2.45, 2.75) is 5.41 Å². The van der Waals surface area contributed by atoms with E-state index in [2.05, 4.69) is 289 Å². The fraction of sp³-hybridized carbons (Fsp3) is 0.0141. The number of nitrogens with zero attached hydrogens (tertiary/aromatic N) is 2. The van der Waals surface area contributed by atoms with Crippen LogP contribution >= 0.6 is 0 Å². The largest absolute Gasteiger partial charge is 0.310 e. The van der Waals surface area contributed by atoms with Crippen molar-refractivity contribution in [3.05, 3.63) is 301 Å². The van der Waals surface area contributed by atoms with Gasteiger partial charge in [-0.3, -0.25) is 0 Å². The van der Waals surface area contributed by atoms with Crippen LogP contribution < -0.4 is 4.90 Å². The van der Waals surface area contributed by atoms with Gasteiger partial charge in [0.05, 0.1) is 22.1 Å². The van der Waals surface area contributed by atoms with Gasteiger partial charge in [0.25, 0.3) is 0 Å². The minimum absolute atomic E-state index is 0.409. The molecule has 2 nitrogen and oxygen atoms in total. The molecule has 13 aromatic rings. The third-order valence-corrected chi connectivity index (χ3v) is 15.9. The number of benzene rings is 12. The Morgan fingerprint density at radius 3 is 1.27 bits per heavy atom. The number of anilines is 3. The van der Waals surface area contributed by atoms with E-state index in [1.807, 2.05) is 0 Å². The van der Waals surface area contributed by atoms with Crippen LogP contribution in [0.1, 0.15) is 22.3 Å². The topological polar surface area (TPSA) is 8.17 Å². The Labute approximate surface area is 425 Å². The summed E-state index contributed by atoms with van der Waals surface area (Å²) in [6.45, 7) is 0. The highest BCUT2D eigenvalue weighted by atomic mass is 15.1. The molecule has 1 heterocycles. The molecule has 0 bridgehead atoms.